The zero-order chi connectivity index (χ0) is 18.2. The highest BCUT2D eigenvalue weighted by Gasteiger charge is 2.28. The van der Waals surface area contributed by atoms with Crippen molar-refractivity contribution < 1.29 is 14.3 Å². The number of rotatable bonds is 3. The van der Waals surface area contributed by atoms with Crippen LogP contribution in [0, 0.1) is 6.92 Å². The van der Waals surface area contributed by atoms with Crippen molar-refractivity contribution in [2.24, 2.45) is 0 Å². The highest BCUT2D eigenvalue weighted by molar-refractivity contribution is 6.04. The number of nitrogens with two attached hydrogens (primary N) is 2. The maximum absolute atomic E-state index is 12.7. The molecule has 9 nitrogen and oxygen atoms in total. The van der Waals surface area contributed by atoms with Crippen LogP contribution in [0.15, 0.2) is 6.20 Å². The summed E-state index contributed by atoms with van der Waals surface area (Å²) in [5.74, 6) is -1.05. The Morgan fingerprint density at radius 3 is 2.38 bits per heavy atom. The quantitative estimate of drug-likeness (QED) is 0.805. The summed E-state index contributed by atoms with van der Waals surface area (Å²) >= 11 is 0. The second-order valence-electron chi connectivity index (χ2n) is 6.31. The molecule has 0 saturated carbocycles. The lowest BCUT2D eigenvalue weighted by molar-refractivity contribution is 0.0527. The van der Waals surface area contributed by atoms with E-state index >= 15 is 0 Å². The molecule has 0 aliphatic heterocycles. The second kappa shape index (κ2) is 5.99. The van der Waals surface area contributed by atoms with Gasteiger partial charge in [0, 0.05) is 0 Å². The minimum atomic E-state index is -0.620. The molecule has 2 aromatic rings. The van der Waals surface area contributed by atoms with Crippen LogP contribution in [-0.2, 0) is 10.3 Å². The molecule has 0 aliphatic carbocycles. The number of nitrogens with zero attached hydrogens (tertiary/aromatic N) is 4. The van der Waals surface area contributed by atoms with Crippen LogP contribution in [-0.4, -0.2) is 38.0 Å². The number of ether oxygens (including phenoxy) is 1. The molecule has 0 atom stereocenters. The van der Waals surface area contributed by atoms with Gasteiger partial charge in [-0.15, -0.1) is 0 Å². The smallest absolute Gasteiger partial charge is 0.343 e. The van der Waals surface area contributed by atoms with Crippen molar-refractivity contribution in [2.45, 2.75) is 40.2 Å². The predicted octanol–water partition coefficient (Wildman–Crippen LogP) is 1.17. The van der Waals surface area contributed by atoms with Gasteiger partial charge in [0.15, 0.2) is 0 Å². The molecule has 130 valence electrons. The topological polar surface area (TPSA) is 131 Å². The molecule has 2 rings (SSSR count). The van der Waals surface area contributed by atoms with E-state index in [1.54, 1.807) is 18.5 Å². The zero-order valence-electron chi connectivity index (χ0n) is 14.5. The van der Waals surface area contributed by atoms with Crippen LogP contribution >= 0.6 is 0 Å². The zero-order valence-corrected chi connectivity index (χ0v) is 14.5. The van der Waals surface area contributed by atoms with E-state index < -0.39 is 11.9 Å². The van der Waals surface area contributed by atoms with Crippen molar-refractivity contribution in [2.75, 3.05) is 18.1 Å². The largest absolute Gasteiger partial charge is 0.462 e. The van der Waals surface area contributed by atoms with Crippen molar-refractivity contribution >= 4 is 23.5 Å². The fraction of sp³-hybridized carbons (Fsp3) is 0.467. The molecule has 0 aliphatic rings. The van der Waals surface area contributed by atoms with E-state index in [4.69, 9.17) is 16.2 Å². The normalized spacial score (nSPS) is 11.5. The predicted molar refractivity (Wildman–Crippen MR) is 88.7 cm³/mol. The van der Waals surface area contributed by atoms with Crippen LogP contribution in [0.25, 0.3) is 0 Å². The number of anilines is 2. The summed E-state index contributed by atoms with van der Waals surface area (Å²) in [7, 11) is 0. The van der Waals surface area contributed by atoms with E-state index in [9.17, 15) is 9.59 Å². The van der Waals surface area contributed by atoms with Crippen LogP contribution in [0.5, 0.6) is 0 Å². The molecule has 0 aromatic carbocycles. The Hall–Kier alpha value is -2.84. The van der Waals surface area contributed by atoms with Gasteiger partial charge in [0.25, 0.3) is 5.91 Å². The minimum Gasteiger partial charge on any atom is -0.462 e. The van der Waals surface area contributed by atoms with E-state index in [0.717, 1.165) is 4.68 Å². The molecule has 0 unspecified atom stereocenters. The number of hydrogen-bond donors (Lipinski definition) is 2. The van der Waals surface area contributed by atoms with Crippen LogP contribution in [0.2, 0.25) is 0 Å². The molecule has 0 saturated heterocycles. The summed E-state index contributed by atoms with van der Waals surface area (Å²) < 4.78 is 7.42. The van der Waals surface area contributed by atoms with Gasteiger partial charge >= 0.3 is 5.97 Å². The molecule has 0 bridgehead atoms. The minimum absolute atomic E-state index is 0.0759. The third-order valence-electron chi connectivity index (χ3n) is 3.44. The van der Waals surface area contributed by atoms with Crippen LogP contribution in [0.1, 0.15) is 54.1 Å². The van der Waals surface area contributed by atoms with Crippen LogP contribution in [0.3, 0.4) is 0 Å². The van der Waals surface area contributed by atoms with Gasteiger partial charge in [-0.1, -0.05) is 0 Å². The van der Waals surface area contributed by atoms with Gasteiger partial charge in [-0.25, -0.2) is 9.48 Å². The lowest BCUT2D eigenvalue weighted by atomic mass is 10.1. The molecule has 0 radical (unpaired) electrons. The molecule has 2 heterocycles. The maximum Gasteiger partial charge on any atom is 0.343 e. The van der Waals surface area contributed by atoms with Crippen molar-refractivity contribution in [1.82, 2.24) is 19.6 Å². The number of aryl methyl sites for hydroxylation is 1. The molecule has 2 aromatic heterocycles. The monoisotopic (exact) mass is 334 g/mol. The fourth-order valence-electron chi connectivity index (χ4n) is 2.33. The molecule has 24 heavy (non-hydrogen) atoms. The van der Waals surface area contributed by atoms with Crippen LogP contribution in [0.4, 0.5) is 11.6 Å². The summed E-state index contributed by atoms with van der Waals surface area (Å²) in [6, 6.07) is 0. The third kappa shape index (κ3) is 2.84. The molecular formula is C15H22N6O3. The average Bonchev–Trinajstić information content (AvgIpc) is 2.98. The fourth-order valence-corrected chi connectivity index (χ4v) is 2.33. The number of nitrogen functional groups attached to an aromatic ring is 2. The first-order chi connectivity index (χ1) is 11.1. The lowest BCUT2D eigenvalue weighted by Crippen LogP contribution is -2.25. The summed E-state index contributed by atoms with van der Waals surface area (Å²) in [4.78, 5) is 24.7. The Labute approximate surface area is 139 Å². The second-order valence-corrected chi connectivity index (χ2v) is 6.31. The Balaban J connectivity index is 2.47. The highest BCUT2D eigenvalue weighted by Crippen LogP contribution is 2.24. The van der Waals surface area contributed by atoms with Gasteiger partial charge in [0.2, 0.25) is 0 Å². The first-order valence-electron chi connectivity index (χ1n) is 7.50. The van der Waals surface area contributed by atoms with Crippen molar-refractivity contribution in [3.05, 3.63) is 23.0 Å². The number of hydrogen-bond acceptors (Lipinski definition) is 7. The molecule has 9 heteroatoms. The van der Waals surface area contributed by atoms with Gasteiger partial charge in [0.05, 0.1) is 24.0 Å². The van der Waals surface area contributed by atoms with Gasteiger partial charge < -0.3 is 16.2 Å². The van der Waals surface area contributed by atoms with Gasteiger partial charge in [-0.05, 0) is 34.6 Å². The highest BCUT2D eigenvalue weighted by atomic mass is 16.5. The summed E-state index contributed by atoms with van der Waals surface area (Å²) in [6.07, 6.45) is 1.36. The summed E-state index contributed by atoms with van der Waals surface area (Å²) in [5.41, 5.74) is 12.1. The van der Waals surface area contributed by atoms with Gasteiger partial charge in [0.1, 0.15) is 22.8 Å². The Kier molecular flexibility index (Phi) is 4.37. The standard InChI is InChI=1S/C15H22N6O3/c1-6-24-14(23)10-8(2)19-20(12(10)17)13(22)9-7-18-21(11(9)16)15(3,4)5/h7H,6,16-17H2,1-5H3. The molecule has 4 N–H and O–H groups in total. The van der Waals surface area contributed by atoms with E-state index in [2.05, 4.69) is 10.2 Å². The maximum atomic E-state index is 12.7. The van der Waals surface area contributed by atoms with Gasteiger partial charge in [-0.2, -0.15) is 14.9 Å². The summed E-state index contributed by atoms with van der Waals surface area (Å²) in [6.45, 7) is 9.19. The summed E-state index contributed by atoms with van der Waals surface area (Å²) in [5, 5.41) is 8.21. The van der Waals surface area contributed by atoms with E-state index in [1.165, 1.54) is 6.20 Å². The molecule has 0 fully saturated rings. The molecular weight excluding hydrogens is 312 g/mol. The average molecular weight is 334 g/mol. The number of esters is 1. The SMILES string of the molecule is CCOC(=O)c1c(C)nn(C(=O)c2cnn(C(C)(C)C)c2N)c1N. The lowest BCUT2D eigenvalue weighted by Gasteiger charge is -2.20. The van der Waals surface area contributed by atoms with Crippen molar-refractivity contribution in [3.8, 4) is 0 Å². The van der Waals surface area contributed by atoms with Crippen molar-refractivity contribution in [3.63, 3.8) is 0 Å². The Morgan fingerprint density at radius 2 is 1.88 bits per heavy atom. The van der Waals surface area contributed by atoms with E-state index in [1.807, 2.05) is 20.8 Å². The Morgan fingerprint density at radius 1 is 1.25 bits per heavy atom. The third-order valence-corrected chi connectivity index (χ3v) is 3.44. The number of aromatic nitrogens is 4. The Bertz CT molecular complexity index is 797. The molecule has 0 amide bonds. The van der Waals surface area contributed by atoms with E-state index in [0.29, 0.717) is 5.69 Å². The van der Waals surface area contributed by atoms with Crippen molar-refractivity contribution in [1.29, 1.82) is 0 Å². The number of carbonyl (C=O) groups excluding carboxylic acids is 2. The van der Waals surface area contributed by atoms with E-state index in [-0.39, 0.29) is 34.9 Å². The van der Waals surface area contributed by atoms with Gasteiger partial charge in [-0.3, -0.25) is 4.79 Å². The first-order valence-corrected chi connectivity index (χ1v) is 7.50. The first kappa shape index (κ1) is 17.5. The molecule has 0 spiro atoms. The van der Waals surface area contributed by atoms with Crippen LogP contribution < -0.4 is 11.5 Å². The number of carbonyl (C=O) groups is 2.